The van der Waals surface area contributed by atoms with Crippen molar-refractivity contribution in [2.45, 2.75) is 24.6 Å². The van der Waals surface area contributed by atoms with E-state index in [0.717, 1.165) is 17.0 Å². The van der Waals surface area contributed by atoms with Crippen molar-refractivity contribution in [1.29, 1.82) is 0 Å². The fourth-order valence-electron chi connectivity index (χ4n) is 2.40. The van der Waals surface area contributed by atoms with Crippen LogP contribution in [0.5, 0.6) is 0 Å². The minimum Gasteiger partial charge on any atom is -0.479 e. The second-order valence-electron chi connectivity index (χ2n) is 5.32. The molecule has 23 heavy (non-hydrogen) atoms. The lowest BCUT2D eigenvalue weighted by Crippen LogP contribution is -2.51. The van der Waals surface area contributed by atoms with Crippen LogP contribution in [0.2, 0.25) is 0 Å². The summed E-state index contributed by atoms with van der Waals surface area (Å²) in [5.41, 5.74) is -4.09. The van der Waals surface area contributed by atoms with E-state index in [0.29, 0.717) is 0 Å². The van der Waals surface area contributed by atoms with Crippen molar-refractivity contribution in [3.05, 3.63) is 35.1 Å². The van der Waals surface area contributed by atoms with Crippen LogP contribution in [-0.2, 0) is 11.0 Å². The number of alkyl halides is 3. The van der Waals surface area contributed by atoms with Crippen LogP contribution in [0.1, 0.15) is 28.8 Å². The number of hydrogen-bond acceptors (Lipinski definition) is 3. The largest absolute Gasteiger partial charge is 0.479 e. The van der Waals surface area contributed by atoms with E-state index < -0.39 is 40.6 Å². The minimum absolute atomic E-state index is 0.212. The van der Waals surface area contributed by atoms with Gasteiger partial charge in [-0.15, -0.1) is 0 Å². The molecule has 0 spiro atoms. The number of carboxylic acids is 1. The molecule has 1 fully saturated rings. The summed E-state index contributed by atoms with van der Waals surface area (Å²) >= 11 is 0. The molecule has 1 aromatic carbocycles. The quantitative estimate of drug-likeness (QED) is 0.809. The first kappa shape index (κ1) is 17.2. The topological polar surface area (TPSA) is 77.8 Å². The molecule has 0 radical (unpaired) electrons. The van der Waals surface area contributed by atoms with Crippen molar-refractivity contribution in [2.24, 2.45) is 0 Å². The number of halogens is 4. The molecule has 1 aliphatic heterocycles. The third-order valence-electron chi connectivity index (χ3n) is 3.79. The van der Waals surface area contributed by atoms with Gasteiger partial charge in [-0.1, -0.05) is 0 Å². The zero-order valence-corrected chi connectivity index (χ0v) is 11.7. The van der Waals surface area contributed by atoms with Crippen LogP contribution in [0.25, 0.3) is 0 Å². The van der Waals surface area contributed by atoms with E-state index in [1.54, 1.807) is 0 Å². The van der Waals surface area contributed by atoms with E-state index in [9.17, 15) is 32.3 Å². The first-order valence-electron chi connectivity index (χ1n) is 6.66. The van der Waals surface area contributed by atoms with E-state index in [1.807, 2.05) is 0 Å². The van der Waals surface area contributed by atoms with Gasteiger partial charge in [-0.25, -0.2) is 9.18 Å². The Labute approximate surface area is 128 Å². The molecule has 5 nitrogen and oxygen atoms in total. The summed E-state index contributed by atoms with van der Waals surface area (Å²) in [6.45, 7) is -0.424. The van der Waals surface area contributed by atoms with Crippen molar-refractivity contribution in [1.82, 2.24) is 4.90 Å². The van der Waals surface area contributed by atoms with E-state index in [4.69, 9.17) is 5.11 Å². The number of amides is 1. The summed E-state index contributed by atoms with van der Waals surface area (Å²) in [4.78, 5) is 24.1. The SMILES string of the molecule is O=C(c1ccc(F)cc1C(F)(F)F)N1CCC(O)(C(=O)O)CC1. The van der Waals surface area contributed by atoms with Crippen molar-refractivity contribution in [3.8, 4) is 0 Å². The number of carboxylic acid groups (broad SMARTS) is 1. The average molecular weight is 335 g/mol. The molecule has 1 aliphatic rings. The van der Waals surface area contributed by atoms with Gasteiger partial charge in [0.05, 0.1) is 11.1 Å². The molecule has 0 aromatic heterocycles. The van der Waals surface area contributed by atoms with Crippen LogP contribution in [0.4, 0.5) is 17.6 Å². The number of benzene rings is 1. The Bertz CT molecular complexity index is 636. The Balaban J connectivity index is 2.25. The number of nitrogens with zero attached hydrogens (tertiary/aromatic N) is 1. The molecule has 0 atom stereocenters. The Morgan fingerprint density at radius 3 is 2.22 bits per heavy atom. The van der Waals surface area contributed by atoms with Gasteiger partial charge < -0.3 is 15.1 Å². The highest BCUT2D eigenvalue weighted by Gasteiger charge is 2.42. The minimum atomic E-state index is -4.90. The van der Waals surface area contributed by atoms with Crippen molar-refractivity contribution in [2.75, 3.05) is 13.1 Å². The summed E-state index contributed by atoms with van der Waals surface area (Å²) in [6.07, 6.45) is -5.49. The van der Waals surface area contributed by atoms with Gasteiger partial charge in [0.25, 0.3) is 5.91 Å². The third kappa shape index (κ3) is 3.44. The normalized spacial score (nSPS) is 17.9. The van der Waals surface area contributed by atoms with Crippen LogP contribution in [0, 0.1) is 5.82 Å². The van der Waals surface area contributed by atoms with Gasteiger partial charge in [-0.2, -0.15) is 13.2 Å². The number of carbonyl (C=O) groups excluding carboxylic acids is 1. The van der Waals surface area contributed by atoms with E-state index in [1.165, 1.54) is 0 Å². The molecular weight excluding hydrogens is 322 g/mol. The highest BCUT2D eigenvalue weighted by Crippen LogP contribution is 2.34. The first-order chi connectivity index (χ1) is 10.5. The van der Waals surface area contributed by atoms with E-state index in [-0.39, 0.29) is 32.0 Å². The second-order valence-corrected chi connectivity index (χ2v) is 5.32. The highest BCUT2D eigenvalue weighted by atomic mass is 19.4. The number of aliphatic carboxylic acids is 1. The maximum absolute atomic E-state index is 13.1. The van der Waals surface area contributed by atoms with Gasteiger partial charge >= 0.3 is 12.1 Å². The van der Waals surface area contributed by atoms with Crippen molar-refractivity contribution >= 4 is 11.9 Å². The fourth-order valence-corrected chi connectivity index (χ4v) is 2.40. The first-order valence-corrected chi connectivity index (χ1v) is 6.66. The molecule has 2 N–H and O–H groups in total. The maximum atomic E-state index is 13.1. The lowest BCUT2D eigenvalue weighted by atomic mass is 9.91. The molecule has 9 heteroatoms. The van der Waals surface area contributed by atoms with Gasteiger partial charge in [0.15, 0.2) is 5.60 Å². The molecule has 1 saturated heterocycles. The molecular formula is C14H13F4NO4. The maximum Gasteiger partial charge on any atom is 0.417 e. The van der Waals surface area contributed by atoms with Crippen LogP contribution in [-0.4, -0.2) is 45.7 Å². The van der Waals surface area contributed by atoms with Crippen molar-refractivity contribution < 1.29 is 37.4 Å². The van der Waals surface area contributed by atoms with Gasteiger partial charge in [-0.05, 0) is 18.2 Å². The van der Waals surface area contributed by atoms with Gasteiger partial charge in [0.1, 0.15) is 5.82 Å². The molecule has 0 aliphatic carbocycles. The molecule has 0 bridgehead atoms. The van der Waals surface area contributed by atoms with Crippen LogP contribution in [0.3, 0.4) is 0 Å². The number of aliphatic hydroxyl groups is 1. The summed E-state index contributed by atoms with van der Waals surface area (Å²) in [7, 11) is 0. The standard InChI is InChI=1S/C14H13F4NO4/c15-8-1-2-9(10(7-8)14(16,17)18)11(20)19-5-3-13(23,4-6-19)12(21)22/h1-2,7,23H,3-6H2,(H,21,22). The highest BCUT2D eigenvalue weighted by molar-refractivity contribution is 5.96. The predicted molar refractivity (Wildman–Crippen MR) is 69.1 cm³/mol. The van der Waals surface area contributed by atoms with Crippen molar-refractivity contribution in [3.63, 3.8) is 0 Å². The van der Waals surface area contributed by atoms with Crippen LogP contribution in [0.15, 0.2) is 18.2 Å². The number of carbonyl (C=O) groups is 2. The van der Waals surface area contributed by atoms with Crippen LogP contribution >= 0.6 is 0 Å². The average Bonchev–Trinajstić information content (AvgIpc) is 2.46. The summed E-state index contributed by atoms with van der Waals surface area (Å²) in [5, 5.41) is 18.6. The lowest BCUT2D eigenvalue weighted by molar-refractivity contribution is -0.162. The number of piperidine rings is 1. The fraction of sp³-hybridized carbons (Fsp3) is 0.429. The lowest BCUT2D eigenvalue weighted by Gasteiger charge is -2.35. The summed E-state index contributed by atoms with van der Waals surface area (Å²) < 4.78 is 51.8. The molecule has 0 saturated carbocycles. The zero-order valence-electron chi connectivity index (χ0n) is 11.7. The monoisotopic (exact) mass is 335 g/mol. The second kappa shape index (κ2) is 5.80. The van der Waals surface area contributed by atoms with E-state index in [2.05, 4.69) is 0 Å². The molecule has 126 valence electrons. The number of hydrogen-bond donors (Lipinski definition) is 2. The predicted octanol–water partition coefficient (Wildman–Crippen LogP) is 1.90. The van der Waals surface area contributed by atoms with E-state index >= 15 is 0 Å². The van der Waals surface area contributed by atoms with Crippen LogP contribution < -0.4 is 0 Å². The smallest absolute Gasteiger partial charge is 0.417 e. The zero-order chi connectivity index (χ0) is 17.4. The Kier molecular flexibility index (Phi) is 4.34. The summed E-state index contributed by atoms with van der Waals surface area (Å²) in [5.74, 6) is -3.54. The number of rotatable bonds is 2. The van der Waals surface area contributed by atoms with Gasteiger partial charge in [0.2, 0.25) is 0 Å². The summed E-state index contributed by atoms with van der Waals surface area (Å²) in [6, 6.07) is 1.74. The molecule has 0 unspecified atom stereocenters. The Morgan fingerprint density at radius 1 is 1.17 bits per heavy atom. The van der Waals surface area contributed by atoms with Gasteiger partial charge in [-0.3, -0.25) is 4.79 Å². The molecule has 1 aromatic rings. The Hall–Kier alpha value is -2.16. The number of likely N-dealkylation sites (tertiary alicyclic amines) is 1. The molecule has 1 heterocycles. The Morgan fingerprint density at radius 2 is 1.74 bits per heavy atom. The van der Waals surface area contributed by atoms with Gasteiger partial charge in [0, 0.05) is 25.9 Å². The molecule has 2 rings (SSSR count). The molecule has 1 amide bonds. The third-order valence-corrected chi connectivity index (χ3v) is 3.79.